The summed E-state index contributed by atoms with van der Waals surface area (Å²) >= 11 is 6.84. The molecule has 0 aliphatic rings. The van der Waals surface area contributed by atoms with Crippen molar-refractivity contribution >= 4 is 38.6 Å². The molecule has 0 radical (unpaired) electrons. The van der Waals surface area contributed by atoms with Gasteiger partial charge in [0, 0.05) is 38.4 Å². The van der Waals surface area contributed by atoms with Crippen LogP contribution in [0.2, 0.25) is 0 Å². The Bertz CT molecular complexity index is 722. The van der Waals surface area contributed by atoms with Crippen LogP contribution in [0.5, 0.6) is 0 Å². The molecule has 5 heteroatoms. The normalized spacial score (nSPS) is 11.0. The molecule has 1 N–H and O–H groups in total. The number of hydrogen-bond donors (Lipinski definition) is 1. The van der Waals surface area contributed by atoms with Crippen molar-refractivity contribution in [2.75, 3.05) is 0 Å². The lowest BCUT2D eigenvalue weighted by Gasteiger charge is -2.05. The summed E-state index contributed by atoms with van der Waals surface area (Å²) in [4.78, 5) is 2.55. The van der Waals surface area contributed by atoms with Gasteiger partial charge in [-0.05, 0) is 41.1 Å². The van der Waals surface area contributed by atoms with Crippen molar-refractivity contribution in [3.8, 4) is 10.4 Å². The Labute approximate surface area is 139 Å². The highest BCUT2D eigenvalue weighted by Gasteiger charge is 2.05. The van der Waals surface area contributed by atoms with Crippen LogP contribution in [0, 0.1) is 5.82 Å². The molecule has 0 aliphatic heterocycles. The minimum Gasteiger partial charge on any atom is -0.308 e. The summed E-state index contributed by atoms with van der Waals surface area (Å²) in [5.41, 5.74) is 1.94. The largest absolute Gasteiger partial charge is 0.308 e. The number of halogens is 2. The van der Waals surface area contributed by atoms with Crippen LogP contribution in [0.25, 0.3) is 10.4 Å². The van der Waals surface area contributed by atoms with Gasteiger partial charge >= 0.3 is 0 Å². The van der Waals surface area contributed by atoms with Gasteiger partial charge in [-0.25, -0.2) is 4.39 Å². The lowest BCUT2D eigenvalue weighted by atomic mass is 10.2. The summed E-state index contributed by atoms with van der Waals surface area (Å²) in [5, 5.41) is 7.55. The van der Waals surface area contributed by atoms with E-state index in [0.717, 1.165) is 11.0 Å². The lowest BCUT2D eigenvalue weighted by molar-refractivity contribution is 0.588. The van der Waals surface area contributed by atoms with Crippen molar-refractivity contribution in [3.05, 3.63) is 67.9 Å². The lowest BCUT2D eigenvalue weighted by Crippen LogP contribution is -2.12. The summed E-state index contributed by atoms with van der Waals surface area (Å²) in [6.07, 6.45) is 0. The Morgan fingerprint density at radius 3 is 2.81 bits per heavy atom. The van der Waals surface area contributed by atoms with E-state index >= 15 is 0 Å². The first-order valence-corrected chi connectivity index (χ1v) is 9.03. The maximum atomic E-state index is 13.6. The molecule has 0 saturated carbocycles. The van der Waals surface area contributed by atoms with Crippen molar-refractivity contribution < 1.29 is 4.39 Å². The average Bonchev–Trinajstić information content (AvgIpc) is 3.13. The molecule has 3 rings (SSSR count). The van der Waals surface area contributed by atoms with Crippen LogP contribution in [-0.4, -0.2) is 0 Å². The van der Waals surface area contributed by atoms with Gasteiger partial charge in [-0.3, -0.25) is 0 Å². The van der Waals surface area contributed by atoms with Gasteiger partial charge in [0.2, 0.25) is 0 Å². The Balaban J connectivity index is 1.60. The smallest absolute Gasteiger partial charge is 0.127 e. The molecule has 0 saturated heterocycles. The van der Waals surface area contributed by atoms with E-state index < -0.39 is 0 Å². The zero-order chi connectivity index (χ0) is 14.7. The third kappa shape index (κ3) is 3.80. The molecule has 21 heavy (non-hydrogen) atoms. The minimum absolute atomic E-state index is 0.170. The molecule has 3 aromatic rings. The molecule has 0 unspecified atom stereocenters. The Kier molecular flexibility index (Phi) is 4.85. The predicted octanol–water partition coefficient (Wildman–Crippen LogP) is 5.67. The molecular weight excluding hydrogens is 369 g/mol. The Hall–Kier alpha value is -1.01. The van der Waals surface area contributed by atoms with Crippen LogP contribution >= 0.6 is 38.6 Å². The van der Waals surface area contributed by atoms with E-state index in [9.17, 15) is 4.39 Å². The average molecular weight is 382 g/mol. The highest BCUT2D eigenvalue weighted by molar-refractivity contribution is 9.10. The first kappa shape index (κ1) is 14.9. The van der Waals surface area contributed by atoms with Gasteiger partial charge in [0.15, 0.2) is 0 Å². The summed E-state index contributed by atoms with van der Waals surface area (Å²) in [6.45, 7) is 1.28. The molecule has 2 aromatic heterocycles. The number of thiophene rings is 2. The van der Waals surface area contributed by atoms with Crippen LogP contribution in [0.3, 0.4) is 0 Å². The molecule has 1 aromatic carbocycles. The van der Waals surface area contributed by atoms with Crippen molar-refractivity contribution in [2.45, 2.75) is 13.1 Å². The minimum atomic E-state index is -0.170. The van der Waals surface area contributed by atoms with Crippen LogP contribution in [0.15, 0.2) is 51.6 Å². The second kappa shape index (κ2) is 6.83. The SMILES string of the molecule is Fc1ccc(Br)cc1CNCc1cc(-c2cccs2)cs1. The predicted molar refractivity (Wildman–Crippen MR) is 92.3 cm³/mol. The summed E-state index contributed by atoms with van der Waals surface area (Å²) < 4.78 is 14.5. The Morgan fingerprint density at radius 2 is 2.00 bits per heavy atom. The van der Waals surface area contributed by atoms with E-state index in [1.807, 2.05) is 6.07 Å². The zero-order valence-electron chi connectivity index (χ0n) is 11.1. The molecule has 1 nitrogen and oxygen atoms in total. The van der Waals surface area contributed by atoms with E-state index in [1.165, 1.54) is 21.4 Å². The monoisotopic (exact) mass is 381 g/mol. The summed E-state index contributed by atoms with van der Waals surface area (Å²) in [7, 11) is 0. The van der Waals surface area contributed by atoms with Crippen molar-refractivity contribution in [2.24, 2.45) is 0 Å². The second-order valence-electron chi connectivity index (χ2n) is 4.62. The van der Waals surface area contributed by atoms with Crippen molar-refractivity contribution in [1.82, 2.24) is 5.32 Å². The van der Waals surface area contributed by atoms with Gasteiger partial charge in [-0.15, -0.1) is 22.7 Å². The van der Waals surface area contributed by atoms with Crippen LogP contribution in [0.4, 0.5) is 4.39 Å². The summed E-state index contributed by atoms with van der Waals surface area (Å²) in [6, 6.07) is 11.4. The molecule has 0 amide bonds. The molecule has 0 bridgehead atoms. The van der Waals surface area contributed by atoms with Gasteiger partial charge in [-0.1, -0.05) is 22.0 Å². The van der Waals surface area contributed by atoms with Gasteiger partial charge < -0.3 is 5.32 Å². The zero-order valence-corrected chi connectivity index (χ0v) is 14.3. The van der Waals surface area contributed by atoms with Gasteiger partial charge in [0.05, 0.1) is 0 Å². The number of hydrogen-bond acceptors (Lipinski definition) is 3. The molecular formula is C16H13BrFNS2. The molecule has 2 heterocycles. The third-order valence-corrected chi connectivity index (χ3v) is 5.43. The maximum Gasteiger partial charge on any atom is 0.127 e. The standard InChI is InChI=1S/C16H13BrFNS2/c17-13-3-4-15(18)11(6-13)8-19-9-14-7-12(10-21-14)16-2-1-5-20-16/h1-7,10,19H,8-9H2. The Morgan fingerprint density at radius 1 is 1.10 bits per heavy atom. The molecule has 0 aliphatic carbocycles. The number of nitrogens with one attached hydrogen (secondary N) is 1. The second-order valence-corrected chi connectivity index (χ2v) is 7.48. The third-order valence-electron chi connectivity index (χ3n) is 3.08. The first-order chi connectivity index (χ1) is 10.2. The van der Waals surface area contributed by atoms with Crippen LogP contribution < -0.4 is 5.32 Å². The van der Waals surface area contributed by atoms with Gasteiger partial charge in [-0.2, -0.15) is 0 Å². The van der Waals surface area contributed by atoms with Crippen molar-refractivity contribution in [1.29, 1.82) is 0 Å². The van der Waals surface area contributed by atoms with Crippen LogP contribution in [0.1, 0.15) is 10.4 Å². The van der Waals surface area contributed by atoms with E-state index in [4.69, 9.17) is 0 Å². The van der Waals surface area contributed by atoms with Gasteiger partial charge in [0.1, 0.15) is 5.82 Å². The first-order valence-electron chi connectivity index (χ1n) is 6.48. The van der Waals surface area contributed by atoms with Gasteiger partial charge in [0.25, 0.3) is 0 Å². The molecule has 0 fully saturated rings. The number of rotatable bonds is 5. The van der Waals surface area contributed by atoms with Crippen LogP contribution in [-0.2, 0) is 13.1 Å². The fraction of sp³-hybridized carbons (Fsp3) is 0.125. The fourth-order valence-electron chi connectivity index (χ4n) is 2.04. The summed E-state index contributed by atoms with van der Waals surface area (Å²) in [5.74, 6) is -0.170. The molecule has 108 valence electrons. The fourth-order valence-corrected chi connectivity index (χ4v) is 4.10. The van der Waals surface area contributed by atoms with E-state index in [2.05, 4.69) is 50.2 Å². The highest BCUT2D eigenvalue weighted by Crippen LogP contribution is 2.29. The topological polar surface area (TPSA) is 12.0 Å². The highest BCUT2D eigenvalue weighted by atomic mass is 79.9. The molecule has 0 atom stereocenters. The maximum absolute atomic E-state index is 13.6. The van der Waals surface area contributed by atoms with Crippen molar-refractivity contribution in [3.63, 3.8) is 0 Å². The molecule has 0 spiro atoms. The number of benzene rings is 1. The quantitative estimate of drug-likeness (QED) is 0.600. The van der Waals surface area contributed by atoms with E-state index in [0.29, 0.717) is 12.1 Å². The van der Waals surface area contributed by atoms with E-state index in [1.54, 1.807) is 28.7 Å². The van der Waals surface area contributed by atoms with E-state index in [-0.39, 0.29) is 5.82 Å².